The van der Waals surface area contributed by atoms with Crippen LogP contribution in [-0.4, -0.2) is 26.8 Å². The van der Waals surface area contributed by atoms with Crippen molar-refractivity contribution in [1.29, 1.82) is 0 Å². The van der Waals surface area contributed by atoms with E-state index in [-0.39, 0.29) is 12.7 Å². The summed E-state index contributed by atoms with van der Waals surface area (Å²) < 4.78 is 10.5. The lowest BCUT2D eigenvalue weighted by atomic mass is 10.1. The second kappa shape index (κ2) is 5.77. The highest BCUT2D eigenvalue weighted by atomic mass is 35.5. The van der Waals surface area contributed by atoms with E-state index >= 15 is 0 Å². The van der Waals surface area contributed by atoms with Gasteiger partial charge in [0.25, 0.3) is 5.91 Å². The molecule has 0 saturated carbocycles. The number of amides is 1. The zero-order chi connectivity index (χ0) is 15.7. The molecule has 2 aromatic rings. The summed E-state index contributed by atoms with van der Waals surface area (Å²) in [6, 6.07) is 10.8. The summed E-state index contributed by atoms with van der Waals surface area (Å²) in [5, 5.41) is 3.25. The van der Waals surface area contributed by atoms with Crippen molar-refractivity contribution in [2.45, 2.75) is 0 Å². The first-order valence-electron chi connectivity index (χ1n) is 6.73. The van der Waals surface area contributed by atoms with Crippen molar-refractivity contribution in [2.24, 2.45) is 0 Å². The van der Waals surface area contributed by atoms with Gasteiger partial charge in [0, 0.05) is 19.7 Å². The second-order valence-corrected chi connectivity index (χ2v) is 5.46. The van der Waals surface area contributed by atoms with Gasteiger partial charge in [-0.3, -0.25) is 4.79 Å². The molecule has 0 fully saturated rings. The van der Waals surface area contributed by atoms with Crippen LogP contribution in [0.25, 0.3) is 0 Å². The first-order valence-corrected chi connectivity index (χ1v) is 7.11. The molecule has 0 aromatic heterocycles. The SMILES string of the molecule is CN(C)c1ccccc1NC(=O)c1cc(Cl)c2c(c1)OCO2. The quantitative estimate of drug-likeness (QED) is 0.942. The lowest BCUT2D eigenvalue weighted by molar-refractivity contribution is 0.102. The monoisotopic (exact) mass is 318 g/mol. The number of benzene rings is 2. The summed E-state index contributed by atoms with van der Waals surface area (Å²) in [5.41, 5.74) is 2.07. The number of nitrogens with one attached hydrogen (secondary N) is 1. The fourth-order valence-electron chi connectivity index (χ4n) is 2.26. The zero-order valence-corrected chi connectivity index (χ0v) is 13.0. The van der Waals surface area contributed by atoms with E-state index < -0.39 is 0 Å². The number of para-hydroxylation sites is 2. The minimum absolute atomic E-state index is 0.115. The molecule has 0 spiro atoms. The van der Waals surface area contributed by atoms with Crippen molar-refractivity contribution >= 4 is 28.9 Å². The summed E-state index contributed by atoms with van der Waals surface area (Å²) in [6.07, 6.45) is 0. The maximum absolute atomic E-state index is 12.5. The van der Waals surface area contributed by atoms with E-state index in [4.69, 9.17) is 21.1 Å². The highest BCUT2D eigenvalue weighted by Crippen LogP contribution is 2.40. The third-order valence-electron chi connectivity index (χ3n) is 3.32. The summed E-state index contributed by atoms with van der Waals surface area (Å²) in [5.74, 6) is 0.708. The molecule has 3 rings (SSSR count). The molecule has 114 valence electrons. The van der Waals surface area contributed by atoms with Crippen LogP contribution in [0.1, 0.15) is 10.4 Å². The Bertz CT molecular complexity index is 731. The van der Waals surface area contributed by atoms with Crippen LogP contribution < -0.4 is 19.7 Å². The number of carbonyl (C=O) groups is 1. The Morgan fingerprint density at radius 1 is 1.23 bits per heavy atom. The number of halogens is 1. The Hall–Kier alpha value is -2.40. The topological polar surface area (TPSA) is 50.8 Å². The van der Waals surface area contributed by atoms with Gasteiger partial charge in [0.05, 0.1) is 16.4 Å². The Morgan fingerprint density at radius 2 is 2.00 bits per heavy atom. The number of hydrogen-bond acceptors (Lipinski definition) is 4. The molecule has 0 aliphatic carbocycles. The third-order valence-corrected chi connectivity index (χ3v) is 3.60. The summed E-state index contributed by atoms with van der Waals surface area (Å²) >= 11 is 6.11. The van der Waals surface area contributed by atoms with E-state index in [9.17, 15) is 4.79 Å². The molecule has 1 heterocycles. The first kappa shape index (κ1) is 14.5. The van der Waals surface area contributed by atoms with Gasteiger partial charge in [0.15, 0.2) is 11.5 Å². The van der Waals surface area contributed by atoms with Crippen LogP contribution in [0.15, 0.2) is 36.4 Å². The van der Waals surface area contributed by atoms with Crippen molar-refractivity contribution in [2.75, 3.05) is 31.1 Å². The predicted octanol–water partition coefficient (Wildman–Crippen LogP) is 3.39. The first-order chi connectivity index (χ1) is 10.6. The third kappa shape index (κ3) is 2.67. The summed E-state index contributed by atoms with van der Waals surface area (Å²) in [6.45, 7) is 0.115. The van der Waals surface area contributed by atoms with Gasteiger partial charge < -0.3 is 19.7 Å². The lowest BCUT2D eigenvalue weighted by Crippen LogP contribution is -2.16. The minimum Gasteiger partial charge on any atom is -0.454 e. The summed E-state index contributed by atoms with van der Waals surface area (Å²) in [7, 11) is 3.84. The smallest absolute Gasteiger partial charge is 0.255 e. The van der Waals surface area contributed by atoms with Gasteiger partial charge in [-0.2, -0.15) is 0 Å². The van der Waals surface area contributed by atoms with Crippen molar-refractivity contribution in [1.82, 2.24) is 0 Å². The predicted molar refractivity (Wildman–Crippen MR) is 86.3 cm³/mol. The van der Waals surface area contributed by atoms with Crippen molar-refractivity contribution in [3.8, 4) is 11.5 Å². The van der Waals surface area contributed by atoms with Crippen LogP contribution in [0.4, 0.5) is 11.4 Å². The molecule has 1 aliphatic heterocycles. The summed E-state index contributed by atoms with van der Waals surface area (Å²) in [4.78, 5) is 14.4. The molecule has 1 aliphatic rings. The fraction of sp³-hybridized carbons (Fsp3) is 0.188. The van der Waals surface area contributed by atoms with Crippen LogP contribution in [0.3, 0.4) is 0 Å². The second-order valence-electron chi connectivity index (χ2n) is 5.06. The highest BCUT2D eigenvalue weighted by molar-refractivity contribution is 6.33. The largest absolute Gasteiger partial charge is 0.454 e. The lowest BCUT2D eigenvalue weighted by Gasteiger charge is -2.17. The number of ether oxygens (including phenoxy) is 2. The zero-order valence-electron chi connectivity index (χ0n) is 12.2. The number of fused-ring (bicyclic) bond motifs is 1. The fourth-order valence-corrected chi connectivity index (χ4v) is 2.53. The number of carbonyl (C=O) groups excluding carboxylic acids is 1. The standard InChI is InChI=1S/C16H15ClN2O3/c1-19(2)13-6-4-3-5-12(13)18-16(20)10-7-11(17)15-14(8-10)21-9-22-15/h3-8H,9H2,1-2H3,(H,18,20). The molecule has 0 radical (unpaired) electrons. The molecule has 6 heteroatoms. The Balaban J connectivity index is 1.88. The molecule has 5 nitrogen and oxygen atoms in total. The van der Waals surface area contributed by atoms with Gasteiger partial charge in [-0.15, -0.1) is 0 Å². The molecule has 22 heavy (non-hydrogen) atoms. The Morgan fingerprint density at radius 3 is 2.77 bits per heavy atom. The average molecular weight is 319 g/mol. The van der Waals surface area contributed by atoms with Crippen LogP contribution in [0.2, 0.25) is 5.02 Å². The van der Waals surface area contributed by atoms with Gasteiger partial charge in [0.1, 0.15) is 0 Å². The van der Waals surface area contributed by atoms with Gasteiger partial charge >= 0.3 is 0 Å². The molecule has 1 N–H and O–H groups in total. The molecular formula is C16H15ClN2O3. The molecule has 0 unspecified atom stereocenters. The number of nitrogens with zero attached hydrogens (tertiary/aromatic N) is 1. The molecule has 2 aromatic carbocycles. The van der Waals surface area contributed by atoms with Crippen LogP contribution in [-0.2, 0) is 0 Å². The van der Waals surface area contributed by atoms with Crippen molar-refractivity contribution in [3.05, 3.63) is 47.0 Å². The molecule has 1 amide bonds. The van der Waals surface area contributed by atoms with Gasteiger partial charge in [-0.05, 0) is 24.3 Å². The van der Waals surface area contributed by atoms with Crippen molar-refractivity contribution < 1.29 is 14.3 Å². The van der Waals surface area contributed by atoms with E-state index in [0.717, 1.165) is 11.4 Å². The maximum atomic E-state index is 12.5. The Kier molecular flexibility index (Phi) is 3.81. The molecular weight excluding hydrogens is 304 g/mol. The Labute approximate surface area is 133 Å². The van der Waals surface area contributed by atoms with E-state index in [1.54, 1.807) is 12.1 Å². The number of hydrogen-bond donors (Lipinski definition) is 1. The van der Waals surface area contributed by atoms with E-state index in [1.165, 1.54) is 0 Å². The maximum Gasteiger partial charge on any atom is 0.255 e. The van der Waals surface area contributed by atoms with Crippen LogP contribution in [0, 0.1) is 0 Å². The van der Waals surface area contributed by atoms with Gasteiger partial charge in [-0.1, -0.05) is 23.7 Å². The average Bonchev–Trinajstić information content (AvgIpc) is 2.96. The molecule has 0 saturated heterocycles. The highest BCUT2D eigenvalue weighted by Gasteiger charge is 2.21. The van der Waals surface area contributed by atoms with E-state index in [1.807, 2.05) is 43.3 Å². The van der Waals surface area contributed by atoms with Crippen molar-refractivity contribution in [3.63, 3.8) is 0 Å². The molecule has 0 atom stereocenters. The molecule has 0 bridgehead atoms. The minimum atomic E-state index is -0.255. The van der Waals surface area contributed by atoms with E-state index in [2.05, 4.69) is 5.32 Å². The van der Waals surface area contributed by atoms with Gasteiger partial charge in [-0.25, -0.2) is 0 Å². The normalized spacial score (nSPS) is 12.1. The van der Waals surface area contributed by atoms with E-state index in [0.29, 0.717) is 22.1 Å². The number of rotatable bonds is 3. The number of anilines is 2. The van der Waals surface area contributed by atoms with Crippen LogP contribution in [0.5, 0.6) is 11.5 Å². The van der Waals surface area contributed by atoms with Crippen LogP contribution >= 0.6 is 11.6 Å². The van der Waals surface area contributed by atoms with Gasteiger partial charge in [0.2, 0.25) is 6.79 Å².